The largest absolute Gasteiger partial charge is 0.369 e. The van der Waals surface area contributed by atoms with Crippen LogP contribution in [0.3, 0.4) is 0 Å². The van der Waals surface area contributed by atoms with Crippen molar-refractivity contribution in [1.82, 2.24) is 10.2 Å². The molecule has 2 rings (SSSR count). The van der Waals surface area contributed by atoms with Crippen LogP contribution in [0.5, 0.6) is 0 Å². The molecule has 4 N–H and O–H groups in total. The molecule has 2 aromatic rings. The summed E-state index contributed by atoms with van der Waals surface area (Å²) in [6.07, 6.45) is 0. The van der Waals surface area contributed by atoms with Crippen LogP contribution in [0.1, 0.15) is 6.92 Å². The van der Waals surface area contributed by atoms with Crippen LogP contribution in [0.15, 0.2) is 33.5 Å². The number of para-hydroxylation sites is 1. The zero-order valence-electron chi connectivity index (χ0n) is 12.9. The third-order valence-electron chi connectivity index (χ3n) is 2.59. The number of carbonyl (C=O) groups excluding carboxylic acids is 2. The Hall–Kier alpha value is -1.78. The van der Waals surface area contributed by atoms with Crippen molar-refractivity contribution in [2.24, 2.45) is 5.73 Å². The van der Waals surface area contributed by atoms with E-state index in [0.717, 1.165) is 20.9 Å². The minimum atomic E-state index is -0.399. The van der Waals surface area contributed by atoms with Gasteiger partial charge in [0.15, 0.2) is 4.34 Å². The lowest BCUT2D eigenvalue weighted by Crippen LogP contribution is -2.15. The van der Waals surface area contributed by atoms with Gasteiger partial charge in [-0.1, -0.05) is 35.2 Å². The Bertz CT molecular complexity index is 707. The number of hydrogen-bond acceptors (Lipinski definition) is 8. The van der Waals surface area contributed by atoms with E-state index in [9.17, 15) is 9.59 Å². The van der Waals surface area contributed by atoms with Crippen molar-refractivity contribution < 1.29 is 9.59 Å². The standard InChI is InChI=1S/C14H17N5O2S3/c1-2-16-13-18-19-14(24-13)23-8-12(21)17-9-5-3-4-6-10(9)22-7-11(15)20/h3-6H,2,7-8H2,1H3,(H2,15,20)(H,16,18)(H,17,21). The molecule has 0 aliphatic heterocycles. The van der Waals surface area contributed by atoms with Crippen LogP contribution in [0.4, 0.5) is 10.8 Å². The summed E-state index contributed by atoms with van der Waals surface area (Å²) in [6.45, 7) is 2.76. The maximum atomic E-state index is 12.1. The lowest BCUT2D eigenvalue weighted by atomic mass is 10.3. The van der Waals surface area contributed by atoms with Gasteiger partial charge in [0.2, 0.25) is 16.9 Å². The third kappa shape index (κ3) is 6.02. The van der Waals surface area contributed by atoms with Crippen LogP contribution in [-0.4, -0.2) is 40.1 Å². The van der Waals surface area contributed by atoms with E-state index in [-0.39, 0.29) is 17.4 Å². The van der Waals surface area contributed by atoms with Gasteiger partial charge in [-0.2, -0.15) is 0 Å². The molecule has 1 aromatic heterocycles. The Morgan fingerprint density at radius 3 is 2.75 bits per heavy atom. The zero-order chi connectivity index (χ0) is 17.4. The highest BCUT2D eigenvalue weighted by molar-refractivity contribution is 8.01. The number of carbonyl (C=O) groups is 2. The number of rotatable bonds is 9. The van der Waals surface area contributed by atoms with Gasteiger partial charge >= 0.3 is 0 Å². The van der Waals surface area contributed by atoms with Crippen LogP contribution in [0.2, 0.25) is 0 Å². The lowest BCUT2D eigenvalue weighted by molar-refractivity contribution is -0.115. The number of anilines is 2. The SMILES string of the molecule is CCNc1nnc(SCC(=O)Nc2ccccc2SCC(N)=O)s1. The Morgan fingerprint density at radius 1 is 1.21 bits per heavy atom. The van der Waals surface area contributed by atoms with Gasteiger partial charge in [-0.05, 0) is 19.1 Å². The molecule has 0 saturated heterocycles. The van der Waals surface area contributed by atoms with Crippen LogP contribution in [-0.2, 0) is 9.59 Å². The normalized spacial score (nSPS) is 10.4. The Labute approximate surface area is 152 Å². The predicted molar refractivity (Wildman–Crippen MR) is 99.8 cm³/mol. The molecule has 1 aromatic carbocycles. The van der Waals surface area contributed by atoms with E-state index >= 15 is 0 Å². The minimum Gasteiger partial charge on any atom is -0.369 e. The van der Waals surface area contributed by atoms with Gasteiger partial charge in [0.25, 0.3) is 0 Å². The minimum absolute atomic E-state index is 0.146. The fourth-order valence-electron chi connectivity index (χ4n) is 1.65. The number of nitrogens with one attached hydrogen (secondary N) is 2. The zero-order valence-corrected chi connectivity index (χ0v) is 15.4. The monoisotopic (exact) mass is 383 g/mol. The van der Waals surface area contributed by atoms with Gasteiger partial charge in [-0.25, -0.2) is 0 Å². The molecule has 0 unspecified atom stereocenters. The van der Waals surface area contributed by atoms with E-state index in [1.807, 2.05) is 25.1 Å². The fraction of sp³-hybridized carbons (Fsp3) is 0.286. The molecule has 0 bridgehead atoms. The number of nitrogens with two attached hydrogens (primary N) is 1. The van der Waals surface area contributed by atoms with Crippen LogP contribution in [0.25, 0.3) is 0 Å². The molecular weight excluding hydrogens is 366 g/mol. The summed E-state index contributed by atoms with van der Waals surface area (Å²) in [6, 6.07) is 7.30. The van der Waals surface area contributed by atoms with E-state index < -0.39 is 5.91 Å². The third-order valence-corrected chi connectivity index (χ3v) is 5.70. The number of benzene rings is 1. The first-order chi connectivity index (χ1) is 11.6. The molecule has 0 radical (unpaired) electrons. The summed E-state index contributed by atoms with van der Waals surface area (Å²) in [4.78, 5) is 23.8. The first kappa shape index (κ1) is 18.6. The highest BCUT2D eigenvalue weighted by atomic mass is 32.2. The van der Waals surface area contributed by atoms with Crippen molar-refractivity contribution in [3.05, 3.63) is 24.3 Å². The molecular formula is C14H17N5O2S3. The van der Waals surface area contributed by atoms with E-state index in [0.29, 0.717) is 5.69 Å². The average molecular weight is 384 g/mol. The molecule has 0 aliphatic rings. The average Bonchev–Trinajstić information content (AvgIpc) is 3.00. The van der Waals surface area contributed by atoms with Crippen LogP contribution in [0, 0.1) is 0 Å². The predicted octanol–water partition coefficient (Wildman–Crippen LogP) is 2.28. The molecule has 24 heavy (non-hydrogen) atoms. The van der Waals surface area contributed by atoms with Crippen molar-refractivity contribution in [1.29, 1.82) is 0 Å². The molecule has 0 fully saturated rings. The molecule has 0 aliphatic carbocycles. The first-order valence-electron chi connectivity index (χ1n) is 7.08. The van der Waals surface area contributed by atoms with Crippen molar-refractivity contribution >= 4 is 57.5 Å². The number of aromatic nitrogens is 2. The molecule has 0 atom stereocenters. The fourth-order valence-corrected chi connectivity index (χ4v) is 4.02. The lowest BCUT2D eigenvalue weighted by Gasteiger charge is -2.09. The number of nitrogens with zero attached hydrogens (tertiary/aromatic N) is 2. The molecule has 7 nitrogen and oxygen atoms in total. The molecule has 1 heterocycles. The van der Waals surface area contributed by atoms with Gasteiger partial charge in [0.05, 0.1) is 17.2 Å². The Balaban J connectivity index is 1.88. The summed E-state index contributed by atoms with van der Waals surface area (Å²) in [5.41, 5.74) is 5.83. The summed E-state index contributed by atoms with van der Waals surface area (Å²) in [7, 11) is 0. The second-order valence-electron chi connectivity index (χ2n) is 4.49. The molecule has 10 heteroatoms. The molecule has 0 saturated carbocycles. The molecule has 2 amide bonds. The smallest absolute Gasteiger partial charge is 0.234 e. The molecule has 128 valence electrons. The number of thioether (sulfide) groups is 2. The van der Waals surface area contributed by atoms with E-state index in [1.54, 1.807) is 6.07 Å². The van der Waals surface area contributed by atoms with Gasteiger partial charge in [-0.15, -0.1) is 22.0 Å². The van der Waals surface area contributed by atoms with Gasteiger partial charge < -0.3 is 16.4 Å². The highest BCUT2D eigenvalue weighted by Crippen LogP contribution is 2.28. The van der Waals surface area contributed by atoms with Gasteiger partial charge in [0, 0.05) is 11.4 Å². The van der Waals surface area contributed by atoms with Gasteiger partial charge in [0.1, 0.15) is 0 Å². The maximum Gasteiger partial charge on any atom is 0.234 e. The maximum absolute atomic E-state index is 12.1. The summed E-state index contributed by atoms with van der Waals surface area (Å²) in [5.74, 6) is -0.147. The van der Waals surface area contributed by atoms with Crippen LogP contribution >= 0.6 is 34.9 Å². The van der Waals surface area contributed by atoms with Crippen molar-refractivity contribution in [2.45, 2.75) is 16.2 Å². The van der Waals surface area contributed by atoms with Crippen molar-refractivity contribution in [2.75, 3.05) is 28.7 Å². The van der Waals surface area contributed by atoms with Gasteiger partial charge in [-0.3, -0.25) is 9.59 Å². The summed E-state index contributed by atoms with van der Waals surface area (Å²) < 4.78 is 0.734. The van der Waals surface area contributed by atoms with E-state index in [1.165, 1.54) is 34.9 Å². The quantitative estimate of drug-likeness (QED) is 0.570. The van der Waals surface area contributed by atoms with Crippen LogP contribution < -0.4 is 16.4 Å². The second-order valence-corrected chi connectivity index (χ2v) is 7.71. The highest BCUT2D eigenvalue weighted by Gasteiger charge is 2.10. The number of hydrogen-bond donors (Lipinski definition) is 3. The van der Waals surface area contributed by atoms with Crippen molar-refractivity contribution in [3.63, 3.8) is 0 Å². The topological polar surface area (TPSA) is 110 Å². The van der Waals surface area contributed by atoms with Crippen molar-refractivity contribution in [3.8, 4) is 0 Å². The van der Waals surface area contributed by atoms with E-state index in [2.05, 4.69) is 20.8 Å². The second kappa shape index (κ2) is 9.50. The number of amides is 2. The summed E-state index contributed by atoms with van der Waals surface area (Å²) >= 11 is 4.04. The summed E-state index contributed by atoms with van der Waals surface area (Å²) in [5, 5.41) is 14.7. The Kier molecular flexibility index (Phi) is 7.35. The number of primary amides is 1. The first-order valence-corrected chi connectivity index (χ1v) is 9.87. The van der Waals surface area contributed by atoms with E-state index in [4.69, 9.17) is 5.73 Å². The Morgan fingerprint density at radius 2 is 2.00 bits per heavy atom. The molecule has 0 spiro atoms.